The van der Waals surface area contributed by atoms with Crippen LogP contribution in [0.1, 0.15) is 5.56 Å². The van der Waals surface area contributed by atoms with Crippen LogP contribution in [0.2, 0.25) is 0 Å². The summed E-state index contributed by atoms with van der Waals surface area (Å²) in [5.74, 6) is 0.164. The van der Waals surface area contributed by atoms with Crippen LogP contribution >= 0.6 is 0 Å². The van der Waals surface area contributed by atoms with Crippen LogP contribution in [0.15, 0.2) is 42.5 Å². The molecule has 0 radical (unpaired) electrons. The van der Waals surface area contributed by atoms with Crippen molar-refractivity contribution < 1.29 is 14.2 Å². The quantitative estimate of drug-likeness (QED) is 0.881. The molecule has 0 aliphatic rings. The number of halogens is 1. The van der Waals surface area contributed by atoms with Gasteiger partial charge in [-0.05, 0) is 28.8 Å². The molecule has 0 fully saturated rings. The van der Waals surface area contributed by atoms with Gasteiger partial charge in [0.05, 0.1) is 13.7 Å². The van der Waals surface area contributed by atoms with Gasteiger partial charge in [0.25, 0.3) is 0 Å². The first-order valence-corrected chi connectivity index (χ1v) is 5.27. The number of rotatable bonds is 3. The Hall–Kier alpha value is -1.87. The van der Waals surface area contributed by atoms with E-state index >= 15 is 0 Å². The van der Waals surface area contributed by atoms with Gasteiger partial charge in [0.1, 0.15) is 11.6 Å². The smallest absolute Gasteiger partial charge is 0.127 e. The van der Waals surface area contributed by atoms with Crippen LogP contribution in [0, 0.1) is 5.82 Å². The molecule has 0 heterocycles. The third kappa shape index (κ3) is 2.63. The molecular weight excluding hydrogens is 219 g/mol. The molecule has 0 aromatic heterocycles. The predicted octanol–water partition coefficient (Wildman–Crippen LogP) is 2.99. The van der Waals surface area contributed by atoms with Gasteiger partial charge in [0.15, 0.2) is 0 Å². The van der Waals surface area contributed by atoms with Crippen LogP contribution < -0.4 is 4.74 Å². The first-order chi connectivity index (χ1) is 8.22. The molecule has 0 amide bonds. The third-order valence-corrected chi connectivity index (χ3v) is 2.58. The summed E-state index contributed by atoms with van der Waals surface area (Å²) in [7, 11) is 1.51. The van der Waals surface area contributed by atoms with Crippen LogP contribution in [0.3, 0.4) is 0 Å². The normalized spacial score (nSPS) is 10.3. The lowest BCUT2D eigenvalue weighted by Crippen LogP contribution is -1.88. The Balaban J connectivity index is 2.41. The van der Waals surface area contributed by atoms with Gasteiger partial charge in [-0.15, -0.1) is 0 Å². The van der Waals surface area contributed by atoms with E-state index in [4.69, 9.17) is 9.84 Å². The standard InChI is InChI=1S/C14H13FO2/c1-17-14-7-12(6-13(15)8-14)11-4-2-10(9-16)3-5-11/h2-8,16H,9H2,1H3. The van der Waals surface area contributed by atoms with E-state index in [1.807, 2.05) is 24.3 Å². The largest absolute Gasteiger partial charge is 0.497 e. The maximum Gasteiger partial charge on any atom is 0.127 e. The summed E-state index contributed by atoms with van der Waals surface area (Å²) in [4.78, 5) is 0. The molecule has 3 heteroatoms. The molecule has 2 aromatic rings. The van der Waals surface area contributed by atoms with E-state index in [1.54, 1.807) is 6.07 Å². The van der Waals surface area contributed by atoms with Gasteiger partial charge < -0.3 is 9.84 Å². The van der Waals surface area contributed by atoms with Gasteiger partial charge in [0, 0.05) is 6.07 Å². The zero-order valence-electron chi connectivity index (χ0n) is 9.48. The number of methoxy groups -OCH3 is 1. The monoisotopic (exact) mass is 232 g/mol. The number of hydrogen-bond donors (Lipinski definition) is 1. The molecule has 2 nitrogen and oxygen atoms in total. The van der Waals surface area contributed by atoms with Crippen molar-refractivity contribution in [3.63, 3.8) is 0 Å². The third-order valence-electron chi connectivity index (χ3n) is 2.58. The summed E-state index contributed by atoms with van der Waals surface area (Å²) in [5, 5.41) is 8.95. The van der Waals surface area contributed by atoms with Crippen molar-refractivity contribution in [3.8, 4) is 16.9 Å². The molecule has 2 aromatic carbocycles. The molecular formula is C14H13FO2. The minimum absolute atomic E-state index is 0.00670. The molecule has 1 N–H and O–H groups in total. The summed E-state index contributed by atoms with van der Waals surface area (Å²) in [6.07, 6.45) is 0. The molecule has 0 bridgehead atoms. The fourth-order valence-electron chi connectivity index (χ4n) is 1.65. The second-order valence-corrected chi connectivity index (χ2v) is 3.73. The highest BCUT2D eigenvalue weighted by molar-refractivity contribution is 5.65. The van der Waals surface area contributed by atoms with E-state index in [9.17, 15) is 4.39 Å². The lowest BCUT2D eigenvalue weighted by atomic mass is 10.0. The molecule has 0 unspecified atom stereocenters. The van der Waals surface area contributed by atoms with Crippen molar-refractivity contribution in [2.24, 2.45) is 0 Å². The van der Waals surface area contributed by atoms with Crippen molar-refractivity contribution in [1.29, 1.82) is 0 Å². The van der Waals surface area contributed by atoms with Crippen LogP contribution in [0.4, 0.5) is 4.39 Å². The van der Waals surface area contributed by atoms with Crippen molar-refractivity contribution in [2.75, 3.05) is 7.11 Å². The zero-order valence-corrected chi connectivity index (χ0v) is 9.48. The molecule has 0 saturated heterocycles. The van der Waals surface area contributed by atoms with E-state index in [0.717, 1.165) is 16.7 Å². The highest BCUT2D eigenvalue weighted by Gasteiger charge is 2.03. The SMILES string of the molecule is COc1cc(F)cc(-c2ccc(CO)cc2)c1. The predicted molar refractivity (Wildman–Crippen MR) is 64.3 cm³/mol. The lowest BCUT2D eigenvalue weighted by Gasteiger charge is -2.06. The van der Waals surface area contributed by atoms with Crippen molar-refractivity contribution in [2.45, 2.75) is 6.61 Å². The Bertz CT molecular complexity index is 506. The average Bonchev–Trinajstić information content (AvgIpc) is 2.38. The molecule has 2 rings (SSSR count). The summed E-state index contributed by atoms with van der Waals surface area (Å²) >= 11 is 0. The van der Waals surface area contributed by atoms with E-state index < -0.39 is 0 Å². The van der Waals surface area contributed by atoms with Crippen LogP contribution in [0.25, 0.3) is 11.1 Å². The van der Waals surface area contributed by atoms with Crippen LogP contribution in [0.5, 0.6) is 5.75 Å². The first-order valence-electron chi connectivity index (χ1n) is 5.27. The van der Waals surface area contributed by atoms with Gasteiger partial charge >= 0.3 is 0 Å². The second kappa shape index (κ2) is 4.97. The molecule has 0 spiro atoms. The Kier molecular flexibility index (Phi) is 3.40. The number of aliphatic hydroxyl groups is 1. The van der Waals surface area contributed by atoms with E-state index in [2.05, 4.69) is 0 Å². The molecule has 17 heavy (non-hydrogen) atoms. The average molecular weight is 232 g/mol. The summed E-state index contributed by atoms with van der Waals surface area (Å²) < 4.78 is 18.3. The zero-order chi connectivity index (χ0) is 12.3. The fourth-order valence-corrected chi connectivity index (χ4v) is 1.65. The number of hydrogen-bond acceptors (Lipinski definition) is 2. The van der Waals surface area contributed by atoms with E-state index in [1.165, 1.54) is 19.2 Å². The van der Waals surface area contributed by atoms with E-state index in [-0.39, 0.29) is 12.4 Å². The van der Waals surface area contributed by atoms with E-state index in [0.29, 0.717) is 5.75 Å². The minimum atomic E-state index is -0.328. The first kappa shape index (κ1) is 11.6. The maximum absolute atomic E-state index is 13.3. The summed E-state index contributed by atoms with van der Waals surface area (Å²) in [5.41, 5.74) is 2.48. The van der Waals surface area contributed by atoms with Gasteiger partial charge in [-0.2, -0.15) is 0 Å². The van der Waals surface area contributed by atoms with Gasteiger partial charge in [0.2, 0.25) is 0 Å². The van der Waals surface area contributed by atoms with Crippen molar-refractivity contribution >= 4 is 0 Å². The second-order valence-electron chi connectivity index (χ2n) is 3.73. The van der Waals surface area contributed by atoms with Crippen molar-refractivity contribution in [1.82, 2.24) is 0 Å². The lowest BCUT2D eigenvalue weighted by molar-refractivity contribution is 0.282. The number of ether oxygens (including phenoxy) is 1. The Morgan fingerprint density at radius 1 is 1.06 bits per heavy atom. The summed E-state index contributed by atoms with van der Waals surface area (Å²) in [6, 6.07) is 11.9. The van der Waals surface area contributed by atoms with Crippen LogP contribution in [-0.2, 0) is 6.61 Å². The minimum Gasteiger partial charge on any atom is -0.497 e. The van der Waals surface area contributed by atoms with Gasteiger partial charge in [-0.1, -0.05) is 24.3 Å². The maximum atomic E-state index is 13.3. The van der Waals surface area contributed by atoms with Crippen LogP contribution in [-0.4, -0.2) is 12.2 Å². The highest BCUT2D eigenvalue weighted by Crippen LogP contribution is 2.25. The summed E-state index contributed by atoms with van der Waals surface area (Å²) in [6.45, 7) is 0.00670. The number of benzene rings is 2. The molecule has 0 atom stereocenters. The number of aliphatic hydroxyl groups excluding tert-OH is 1. The van der Waals surface area contributed by atoms with Gasteiger partial charge in [-0.25, -0.2) is 4.39 Å². The van der Waals surface area contributed by atoms with Crippen molar-refractivity contribution in [3.05, 3.63) is 53.8 Å². The Labute approximate surface area is 99.3 Å². The highest BCUT2D eigenvalue weighted by atomic mass is 19.1. The Morgan fingerprint density at radius 2 is 1.76 bits per heavy atom. The molecule has 88 valence electrons. The topological polar surface area (TPSA) is 29.5 Å². The molecule has 0 aliphatic heterocycles. The molecule has 0 saturated carbocycles. The Morgan fingerprint density at radius 3 is 2.35 bits per heavy atom. The molecule has 0 aliphatic carbocycles. The van der Waals surface area contributed by atoms with Gasteiger partial charge in [-0.3, -0.25) is 0 Å². The fraction of sp³-hybridized carbons (Fsp3) is 0.143.